The number of ether oxygens (including phenoxy) is 1. The van der Waals surface area contributed by atoms with Crippen molar-refractivity contribution in [2.45, 2.75) is 6.54 Å². The Bertz CT molecular complexity index is 510. The van der Waals surface area contributed by atoms with Gasteiger partial charge in [0.15, 0.2) is 5.96 Å². The zero-order valence-electron chi connectivity index (χ0n) is 10.6. The van der Waals surface area contributed by atoms with Crippen molar-refractivity contribution < 1.29 is 22.3 Å². The van der Waals surface area contributed by atoms with Crippen LogP contribution < -0.4 is 10.5 Å². The summed E-state index contributed by atoms with van der Waals surface area (Å²) in [7, 11) is -1.25. The van der Waals surface area contributed by atoms with E-state index in [9.17, 15) is 0 Å². The summed E-state index contributed by atoms with van der Waals surface area (Å²) >= 11 is 0. The Morgan fingerprint density at radius 2 is 2.00 bits per heavy atom. The predicted octanol–water partition coefficient (Wildman–Crippen LogP) is 0.368. The van der Waals surface area contributed by atoms with Crippen LogP contribution in [0, 0.1) is 5.41 Å². The van der Waals surface area contributed by atoms with Crippen LogP contribution in [0.2, 0.25) is 0 Å². The van der Waals surface area contributed by atoms with Crippen LogP contribution in [0.25, 0.3) is 0 Å². The molecule has 8 nitrogen and oxygen atoms in total. The van der Waals surface area contributed by atoms with Crippen molar-refractivity contribution >= 4 is 16.4 Å². The molecular weight excluding hydrogens is 274 g/mol. The van der Waals surface area contributed by atoms with Gasteiger partial charge in [0, 0.05) is 13.6 Å². The van der Waals surface area contributed by atoms with Crippen molar-refractivity contribution in [2.24, 2.45) is 5.73 Å². The summed E-state index contributed by atoms with van der Waals surface area (Å²) in [6, 6.07) is 7.71. The molecule has 0 atom stereocenters. The summed E-state index contributed by atoms with van der Waals surface area (Å²) in [4.78, 5) is 1.66. The number of nitrogens with zero attached hydrogens (tertiary/aromatic N) is 1. The van der Waals surface area contributed by atoms with Gasteiger partial charge in [-0.05, 0) is 17.7 Å². The molecule has 1 aromatic carbocycles. The molecule has 0 aliphatic heterocycles. The lowest BCUT2D eigenvalue weighted by Gasteiger charge is -2.16. The Hall–Kier alpha value is -1.84. The fourth-order valence-electron chi connectivity index (χ4n) is 1.13. The number of rotatable bonds is 3. The smallest absolute Gasteiger partial charge is 0.394 e. The van der Waals surface area contributed by atoms with Crippen LogP contribution in [0.15, 0.2) is 24.3 Å². The van der Waals surface area contributed by atoms with Gasteiger partial charge in [-0.1, -0.05) is 12.1 Å². The lowest BCUT2D eigenvalue weighted by atomic mass is 10.2. The normalized spacial score (nSPS) is 10.1. The molecule has 9 heteroatoms. The van der Waals surface area contributed by atoms with E-state index in [1.807, 2.05) is 24.3 Å². The third-order valence-corrected chi connectivity index (χ3v) is 1.97. The van der Waals surface area contributed by atoms with Gasteiger partial charge >= 0.3 is 10.4 Å². The highest BCUT2D eigenvalue weighted by Crippen LogP contribution is 2.13. The SMILES string of the molecule is COc1cccc(CN(C)C(=N)N)c1.O=S(=O)(O)O. The van der Waals surface area contributed by atoms with Crippen LogP contribution in [-0.4, -0.2) is 42.5 Å². The highest BCUT2D eigenvalue weighted by atomic mass is 32.3. The first-order chi connectivity index (χ1) is 8.63. The summed E-state index contributed by atoms with van der Waals surface area (Å²) in [5, 5.41) is 7.22. The van der Waals surface area contributed by atoms with Crippen LogP contribution in [0.3, 0.4) is 0 Å². The molecule has 1 rings (SSSR count). The molecule has 0 fully saturated rings. The van der Waals surface area contributed by atoms with E-state index < -0.39 is 10.4 Å². The molecule has 1 aromatic rings. The third kappa shape index (κ3) is 9.83. The Morgan fingerprint density at radius 3 is 2.42 bits per heavy atom. The van der Waals surface area contributed by atoms with Crippen molar-refractivity contribution in [2.75, 3.05) is 14.2 Å². The van der Waals surface area contributed by atoms with Crippen LogP contribution in [0.4, 0.5) is 0 Å². The number of hydrogen-bond acceptors (Lipinski definition) is 4. The van der Waals surface area contributed by atoms with E-state index in [1.165, 1.54) is 0 Å². The van der Waals surface area contributed by atoms with Gasteiger partial charge in [0.1, 0.15) is 5.75 Å². The highest BCUT2D eigenvalue weighted by Gasteiger charge is 2.01. The quantitative estimate of drug-likeness (QED) is 0.358. The van der Waals surface area contributed by atoms with Gasteiger partial charge in [-0.25, -0.2) is 0 Å². The number of methoxy groups -OCH3 is 1. The average Bonchev–Trinajstić information content (AvgIpc) is 2.27. The minimum Gasteiger partial charge on any atom is -0.497 e. The van der Waals surface area contributed by atoms with Crippen LogP contribution in [-0.2, 0) is 16.9 Å². The number of guanidine groups is 1. The Balaban J connectivity index is 0.000000555. The minimum absolute atomic E-state index is 0.0628. The zero-order chi connectivity index (χ0) is 15.1. The second-order valence-electron chi connectivity index (χ2n) is 3.54. The first-order valence-electron chi connectivity index (χ1n) is 5.01. The van der Waals surface area contributed by atoms with E-state index in [0.717, 1.165) is 11.3 Å². The minimum atomic E-state index is -4.67. The van der Waals surface area contributed by atoms with Crippen molar-refractivity contribution in [1.82, 2.24) is 4.90 Å². The Morgan fingerprint density at radius 1 is 1.47 bits per heavy atom. The zero-order valence-corrected chi connectivity index (χ0v) is 11.4. The number of nitrogens with two attached hydrogens (primary N) is 1. The van der Waals surface area contributed by atoms with Crippen molar-refractivity contribution in [3.63, 3.8) is 0 Å². The maximum absolute atomic E-state index is 8.74. The van der Waals surface area contributed by atoms with Crippen molar-refractivity contribution in [3.05, 3.63) is 29.8 Å². The number of nitrogens with one attached hydrogen (secondary N) is 1. The van der Waals surface area contributed by atoms with E-state index in [-0.39, 0.29) is 5.96 Å². The summed E-state index contributed by atoms with van der Waals surface area (Å²) in [5.74, 6) is 0.882. The van der Waals surface area contributed by atoms with Gasteiger partial charge in [0.25, 0.3) is 0 Å². The second-order valence-corrected chi connectivity index (χ2v) is 4.44. The molecule has 0 aliphatic rings. The Labute approximate surface area is 111 Å². The summed E-state index contributed by atoms with van der Waals surface area (Å²) < 4.78 is 36.7. The highest BCUT2D eigenvalue weighted by molar-refractivity contribution is 7.79. The van der Waals surface area contributed by atoms with Crippen molar-refractivity contribution in [1.29, 1.82) is 5.41 Å². The molecule has 0 amide bonds. The molecule has 0 heterocycles. The maximum atomic E-state index is 8.74. The molecule has 0 aromatic heterocycles. The molecule has 0 bridgehead atoms. The van der Waals surface area contributed by atoms with Gasteiger partial charge in [0.2, 0.25) is 0 Å². The molecule has 0 unspecified atom stereocenters. The molecule has 0 saturated heterocycles. The van der Waals surface area contributed by atoms with Crippen LogP contribution >= 0.6 is 0 Å². The fraction of sp³-hybridized carbons (Fsp3) is 0.300. The third-order valence-electron chi connectivity index (χ3n) is 1.97. The van der Waals surface area contributed by atoms with E-state index in [2.05, 4.69) is 0 Å². The molecular formula is C10H17N3O5S. The lowest BCUT2D eigenvalue weighted by Crippen LogP contribution is -2.32. The van der Waals surface area contributed by atoms with Gasteiger partial charge in [-0.3, -0.25) is 14.5 Å². The fourth-order valence-corrected chi connectivity index (χ4v) is 1.13. The Kier molecular flexibility index (Phi) is 6.83. The molecule has 19 heavy (non-hydrogen) atoms. The van der Waals surface area contributed by atoms with Gasteiger partial charge in [-0.2, -0.15) is 8.42 Å². The number of hydrogen-bond donors (Lipinski definition) is 4. The van der Waals surface area contributed by atoms with E-state index in [1.54, 1.807) is 19.1 Å². The van der Waals surface area contributed by atoms with E-state index in [0.29, 0.717) is 6.54 Å². The first-order valence-corrected chi connectivity index (χ1v) is 6.41. The molecule has 0 aliphatic carbocycles. The standard InChI is InChI=1S/C10H15N3O.H2O4S/c1-13(10(11)12)7-8-4-3-5-9(6-8)14-2;1-5(2,3)4/h3-6H,7H2,1-2H3,(H3,11,12);(H2,1,2,3,4). The monoisotopic (exact) mass is 291 g/mol. The molecule has 5 N–H and O–H groups in total. The molecule has 108 valence electrons. The topological polar surface area (TPSA) is 137 Å². The van der Waals surface area contributed by atoms with Crippen LogP contribution in [0.5, 0.6) is 5.75 Å². The lowest BCUT2D eigenvalue weighted by molar-refractivity contribution is 0.381. The maximum Gasteiger partial charge on any atom is 0.394 e. The number of benzene rings is 1. The van der Waals surface area contributed by atoms with E-state index in [4.69, 9.17) is 33.4 Å². The van der Waals surface area contributed by atoms with Crippen LogP contribution in [0.1, 0.15) is 5.56 Å². The van der Waals surface area contributed by atoms with Gasteiger partial charge < -0.3 is 15.4 Å². The van der Waals surface area contributed by atoms with Gasteiger partial charge in [0.05, 0.1) is 7.11 Å². The second kappa shape index (κ2) is 7.56. The summed E-state index contributed by atoms with van der Waals surface area (Å²) in [5.41, 5.74) is 6.40. The molecule has 0 radical (unpaired) electrons. The largest absolute Gasteiger partial charge is 0.497 e. The van der Waals surface area contributed by atoms with Gasteiger partial charge in [-0.15, -0.1) is 0 Å². The summed E-state index contributed by atoms with van der Waals surface area (Å²) in [6.45, 7) is 0.618. The van der Waals surface area contributed by atoms with Crippen molar-refractivity contribution in [3.8, 4) is 5.75 Å². The molecule has 0 spiro atoms. The van der Waals surface area contributed by atoms with E-state index >= 15 is 0 Å². The molecule has 0 saturated carbocycles. The summed E-state index contributed by atoms with van der Waals surface area (Å²) in [6.07, 6.45) is 0. The average molecular weight is 291 g/mol. The first kappa shape index (κ1) is 17.2. The predicted molar refractivity (Wildman–Crippen MR) is 70.6 cm³/mol.